The predicted molar refractivity (Wildman–Crippen MR) is 223 cm³/mol. The van der Waals surface area contributed by atoms with Gasteiger partial charge in [0.25, 0.3) is 11.8 Å². The first-order valence-corrected chi connectivity index (χ1v) is 19.5. The number of carbonyl (C=O) groups is 4. The van der Waals surface area contributed by atoms with Crippen molar-refractivity contribution in [1.82, 2.24) is 10.6 Å². The van der Waals surface area contributed by atoms with Crippen LogP contribution in [0.1, 0.15) is 88.2 Å². The van der Waals surface area contributed by atoms with Gasteiger partial charge in [-0.2, -0.15) is 36.9 Å². The summed E-state index contributed by atoms with van der Waals surface area (Å²) in [6, 6.07) is 8.66. The van der Waals surface area contributed by atoms with E-state index < -0.39 is 69.5 Å². The van der Waals surface area contributed by atoms with E-state index in [1.807, 2.05) is 0 Å². The maximum atomic E-state index is 13.3. The number of allylic oxidation sites excluding steroid dienone is 2. The third-order valence-electron chi connectivity index (χ3n) is 8.53. The molecule has 20 heteroatoms. The summed E-state index contributed by atoms with van der Waals surface area (Å²) in [4.78, 5) is 46.8. The van der Waals surface area contributed by atoms with E-state index in [0.29, 0.717) is 51.4 Å². The number of amides is 4. The molecule has 64 heavy (non-hydrogen) atoms. The van der Waals surface area contributed by atoms with Gasteiger partial charge in [0, 0.05) is 76.1 Å². The van der Waals surface area contributed by atoms with Gasteiger partial charge >= 0.3 is 12.4 Å². The Labute approximate surface area is 366 Å². The zero-order valence-corrected chi connectivity index (χ0v) is 35.0. The topological polar surface area (TPSA) is 223 Å². The summed E-state index contributed by atoms with van der Waals surface area (Å²) in [7, 11) is 3.04. The fourth-order valence-corrected chi connectivity index (χ4v) is 5.16. The van der Waals surface area contributed by atoms with Crippen molar-refractivity contribution in [1.29, 1.82) is 10.5 Å². The highest BCUT2D eigenvalue weighted by Crippen LogP contribution is 2.39. The van der Waals surface area contributed by atoms with Gasteiger partial charge in [0.15, 0.2) is 11.1 Å². The molecule has 2 aromatic rings. The number of carbonyl (C=O) groups excluding carboxylic acids is 4. The number of halogens is 6. The Morgan fingerprint density at radius 3 is 1.27 bits per heavy atom. The van der Waals surface area contributed by atoms with Crippen LogP contribution in [0.3, 0.4) is 0 Å². The lowest BCUT2D eigenvalue weighted by Gasteiger charge is -2.16. The maximum absolute atomic E-state index is 13.3. The van der Waals surface area contributed by atoms with E-state index in [0.717, 1.165) is 36.4 Å². The van der Waals surface area contributed by atoms with Gasteiger partial charge in [0.2, 0.25) is 11.8 Å². The largest absolute Gasteiger partial charge is 0.511 e. The van der Waals surface area contributed by atoms with Crippen molar-refractivity contribution >= 4 is 35.0 Å². The number of nitriles is 2. The highest BCUT2D eigenvalue weighted by atomic mass is 19.4. The minimum Gasteiger partial charge on any atom is -0.511 e. The second kappa shape index (κ2) is 28.3. The van der Waals surface area contributed by atoms with Crippen molar-refractivity contribution in [2.45, 2.75) is 89.4 Å². The fraction of sp³-hybridized carbons (Fsp3) is 0.409. The molecular formula is C44H48F6N6O8. The van der Waals surface area contributed by atoms with Crippen LogP contribution in [-0.2, 0) is 31.5 Å². The molecule has 0 bridgehead atoms. The van der Waals surface area contributed by atoms with Gasteiger partial charge in [-0.1, -0.05) is 0 Å². The van der Waals surface area contributed by atoms with E-state index in [1.54, 1.807) is 12.1 Å². The molecule has 0 aromatic heterocycles. The fourth-order valence-electron chi connectivity index (χ4n) is 5.16. The van der Waals surface area contributed by atoms with Crippen LogP contribution in [0.2, 0.25) is 0 Å². The second-order valence-corrected chi connectivity index (χ2v) is 13.3. The Balaban J connectivity index is 0.000000640. The van der Waals surface area contributed by atoms with Crippen molar-refractivity contribution in [2.24, 2.45) is 0 Å². The first-order chi connectivity index (χ1) is 30.3. The smallest absolute Gasteiger partial charge is 0.419 e. The summed E-state index contributed by atoms with van der Waals surface area (Å²) in [6.07, 6.45) is 4.61. The van der Waals surface area contributed by atoms with Crippen molar-refractivity contribution < 1.29 is 65.2 Å². The van der Waals surface area contributed by atoms with Gasteiger partial charge < -0.3 is 41.0 Å². The highest BCUT2D eigenvalue weighted by molar-refractivity contribution is 6.07. The molecule has 0 fully saturated rings. The van der Waals surface area contributed by atoms with Gasteiger partial charge in [0.1, 0.15) is 35.2 Å². The van der Waals surface area contributed by atoms with Crippen LogP contribution < -0.4 is 30.7 Å². The number of nitrogens with zero attached hydrogens (tertiary/aromatic N) is 2. The van der Waals surface area contributed by atoms with Gasteiger partial charge in [0.05, 0.1) is 24.3 Å². The molecule has 0 aliphatic rings. The normalized spacial score (nSPS) is 11.6. The molecule has 0 atom stereocenters. The summed E-state index contributed by atoms with van der Waals surface area (Å²) >= 11 is 0. The average molecular weight is 903 g/mol. The number of hydrogen-bond donors (Lipinski definition) is 6. The first-order valence-electron chi connectivity index (χ1n) is 19.5. The molecule has 0 aliphatic heterocycles. The molecule has 344 valence electrons. The molecule has 0 heterocycles. The molecule has 14 nitrogen and oxygen atoms in total. The number of alkyl halides is 6. The van der Waals surface area contributed by atoms with Gasteiger partial charge in [-0.05, 0) is 62.8 Å². The monoisotopic (exact) mass is 902 g/mol. The van der Waals surface area contributed by atoms with E-state index in [-0.39, 0.29) is 62.1 Å². The average Bonchev–Trinajstić information content (AvgIpc) is 3.24. The van der Waals surface area contributed by atoms with Crippen molar-refractivity contribution in [3.05, 3.63) is 70.2 Å². The zero-order valence-electron chi connectivity index (χ0n) is 35.0. The Kier molecular flexibility index (Phi) is 24.2. The van der Waals surface area contributed by atoms with Crippen molar-refractivity contribution in [2.75, 3.05) is 37.9 Å². The zero-order chi connectivity index (χ0) is 48.3. The Morgan fingerprint density at radius 2 is 0.969 bits per heavy atom. The number of rotatable bonds is 22. The number of hydrogen-bond acceptors (Lipinski definition) is 10. The Morgan fingerprint density at radius 1 is 0.609 bits per heavy atom. The predicted octanol–water partition coefficient (Wildman–Crippen LogP) is 8.16. The third kappa shape index (κ3) is 20.0. The third-order valence-corrected chi connectivity index (χ3v) is 8.53. The number of anilines is 2. The number of benzene rings is 2. The number of terminal acetylenes is 2. The lowest BCUT2D eigenvalue weighted by molar-refractivity contribution is -0.139. The minimum absolute atomic E-state index is 0.0234. The minimum atomic E-state index is -4.68. The van der Waals surface area contributed by atoms with Crippen LogP contribution in [0.25, 0.3) is 0 Å². The molecule has 0 saturated carbocycles. The lowest BCUT2D eigenvalue weighted by Crippen LogP contribution is -2.17. The number of aliphatic hydroxyl groups excluding tert-OH is 2. The number of nitrogens with one attached hydrogen (secondary N) is 4. The molecule has 0 saturated heterocycles. The molecule has 6 N–H and O–H groups in total. The number of aliphatic hydroxyl groups is 2. The van der Waals surface area contributed by atoms with E-state index in [4.69, 9.17) is 32.8 Å². The maximum Gasteiger partial charge on any atom is 0.419 e. The van der Waals surface area contributed by atoms with Gasteiger partial charge in [-0.15, -0.1) is 24.7 Å². The molecule has 2 rings (SSSR count). The van der Waals surface area contributed by atoms with Crippen LogP contribution in [0, 0.1) is 47.3 Å². The van der Waals surface area contributed by atoms with E-state index >= 15 is 0 Å². The molecule has 0 spiro atoms. The molecule has 0 aliphatic carbocycles. The Hall–Kier alpha value is -7.32. The summed E-state index contributed by atoms with van der Waals surface area (Å²) in [6.45, 7) is -0.0467. The SMILES string of the molecule is C#CCC/C(O)=C(\C#N)C(=O)Nc1ccc(C(F)(F)F)c(OCCCCCC(=O)NC)c1.C#CCC/C(O)=C(\C#N)C(=O)Nc1ccc(C(F)(F)F)c(OCCCCCC(=O)NC)c1. The Bertz CT molecular complexity index is 2010. The molecule has 2 aromatic carbocycles. The first kappa shape index (κ1) is 54.7. The second-order valence-electron chi connectivity index (χ2n) is 13.3. The van der Waals surface area contributed by atoms with Crippen LogP contribution in [-0.4, -0.2) is 61.2 Å². The van der Waals surface area contributed by atoms with Gasteiger partial charge in [-0.3, -0.25) is 19.2 Å². The summed E-state index contributed by atoms with van der Waals surface area (Å²) in [5, 5.41) is 47.4. The van der Waals surface area contributed by atoms with Gasteiger partial charge in [-0.25, -0.2) is 0 Å². The number of unbranched alkanes of at least 4 members (excludes halogenated alkanes) is 4. The van der Waals surface area contributed by atoms with E-state index in [1.165, 1.54) is 14.1 Å². The van der Waals surface area contributed by atoms with Crippen LogP contribution in [0.4, 0.5) is 37.7 Å². The van der Waals surface area contributed by atoms with Crippen molar-refractivity contribution in [3.63, 3.8) is 0 Å². The summed E-state index contributed by atoms with van der Waals surface area (Å²) in [5.41, 5.74) is -3.30. The highest BCUT2D eigenvalue weighted by Gasteiger charge is 2.36. The van der Waals surface area contributed by atoms with Crippen molar-refractivity contribution in [3.8, 4) is 48.3 Å². The van der Waals surface area contributed by atoms with E-state index in [9.17, 15) is 55.7 Å². The van der Waals surface area contributed by atoms with Crippen LogP contribution >= 0.6 is 0 Å². The summed E-state index contributed by atoms with van der Waals surface area (Å²) in [5.74, 6) is 0.310. The quantitative estimate of drug-likeness (QED) is 0.0166. The molecule has 0 unspecified atom stereocenters. The lowest BCUT2D eigenvalue weighted by atomic mass is 10.1. The number of ether oxygens (including phenoxy) is 2. The van der Waals surface area contributed by atoms with Crippen LogP contribution in [0.15, 0.2) is 59.1 Å². The van der Waals surface area contributed by atoms with Crippen LogP contribution in [0.5, 0.6) is 11.5 Å². The van der Waals surface area contributed by atoms with E-state index in [2.05, 4.69) is 33.1 Å². The molecule has 0 radical (unpaired) electrons. The standard InChI is InChI=1S/2C22H24F3N3O4/c2*1-3-4-8-18(29)16(14-26)21(31)28-15-10-11-17(22(23,24)25)19(13-15)32-12-7-5-6-9-20(30)27-2/h2*1,10-11,13,29H,4-9,12H2,2H3,(H,27,30)(H,28,31)/b2*18-16-. The molecular weight excluding hydrogens is 855 g/mol. The molecule has 4 amide bonds. The summed E-state index contributed by atoms with van der Waals surface area (Å²) < 4.78 is 90.3.